The normalized spacial score (nSPS) is 13.6. The Hall–Kier alpha value is -3.02. The lowest BCUT2D eigenvalue weighted by Crippen LogP contribution is -2.36. The van der Waals surface area contributed by atoms with Crippen molar-refractivity contribution in [3.63, 3.8) is 0 Å². The molecule has 6 nitrogen and oxygen atoms in total. The summed E-state index contributed by atoms with van der Waals surface area (Å²) in [7, 11) is 3.51. The van der Waals surface area contributed by atoms with Gasteiger partial charge in [0.2, 0.25) is 0 Å². The second-order valence-electron chi connectivity index (χ2n) is 7.81. The zero-order chi connectivity index (χ0) is 21.3. The smallest absolute Gasteiger partial charge is 0.253 e. The molecule has 6 heteroatoms. The number of carbonyl (C=O) groups excluding carboxylic acids is 1. The predicted octanol–water partition coefficient (Wildman–Crippen LogP) is 3.43. The van der Waals surface area contributed by atoms with Crippen molar-refractivity contribution in [1.29, 1.82) is 0 Å². The topological polar surface area (TPSA) is 66.0 Å². The van der Waals surface area contributed by atoms with Gasteiger partial charge in [-0.3, -0.25) is 4.79 Å². The van der Waals surface area contributed by atoms with Crippen LogP contribution in [-0.4, -0.2) is 44.0 Å². The first-order valence-corrected chi connectivity index (χ1v) is 10.6. The Bertz CT molecular complexity index is 858. The third-order valence-electron chi connectivity index (χ3n) is 4.96. The lowest BCUT2D eigenvalue weighted by Gasteiger charge is -2.15. The van der Waals surface area contributed by atoms with E-state index in [1.54, 1.807) is 19.0 Å². The molecule has 0 aliphatic heterocycles. The Kier molecular flexibility index (Phi) is 7.71. The minimum atomic E-state index is 0.00243. The van der Waals surface area contributed by atoms with E-state index in [4.69, 9.17) is 4.74 Å². The van der Waals surface area contributed by atoms with Crippen molar-refractivity contribution in [3.8, 4) is 5.75 Å². The van der Waals surface area contributed by atoms with Gasteiger partial charge in [0, 0.05) is 38.3 Å². The van der Waals surface area contributed by atoms with Crippen molar-refractivity contribution >= 4 is 11.9 Å². The molecule has 160 valence electrons. The summed E-state index contributed by atoms with van der Waals surface area (Å²) in [4.78, 5) is 18.3. The second-order valence-corrected chi connectivity index (χ2v) is 7.81. The van der Waals surface area contributed by atoms with Crippen LogP contribution in [0.15, 0.2) is 53.5 Å². The molecule has 0 bridgehead atoms. The molecule has 1 fully saturated rings. The summed E-state index contributed by atoms with van der Waals surface area (Å²) in [6.07, 6.45) is 2.56. The van der Waals surface area contributed by atoms with Crippen molar-refractivity contribution < 1.29 is 9.53 Å². The van der Waals surface area contributed by atoms with Crippen LogP contribution in [-0.2, 0) is 13.1 Å². The molecule has 1 aliphatic carbocycles. The van der Waals surface area contributed by atoms with Crippen molar-refractivity contribution in [2.24, 2.45) is 10.9 Å². The van der Waals surface area contributed by atoms with Crippen molar-refractivity contribution in [1.82, 2.24) is 15.5 Å². The Morgan fingerprint density at radius 3 is 2.50 bits per heavy atom. The number of ether oxygens (including phenoxy) is 1. The molecule has 0 heterocycles. The quantitative estimate of drug-likeness (QED) is 0.493. The summed E-state index contributed by atoms with van der Waals surface area (Å²) in [6, 6.07) is 15.7. The zero-order valence-corrected chi connectivity index (χ0v) is 18.1. The minimum Gasteiger partial charge on any atom is -0.493 e. The van der Waals surface area contributed by atoms with E-state index in [1.165, 1.54) is 12.8 Å². The van der Waals surface area contributed by atoms with Crippen LogP contribution in [0.2, 0.25) is 0 Å². The molecule has 1 saturated carbocycles. The predicted molar refractivity (Wildman–Crippen MR) is 121 cm³/mol. The van der Waals surface area contributed by atoms with E-state index >= 15 is 0 Å². The van der Waals surface area contributed by atoms with E-state index in [0.717, 1.165) is 41.9 Å². The average molecular weight is 409 g/mol. The maximum Gasteiger partial charge on any atom is 0.253 e. The van der Waals surface area contributed by atoms with Crippen LogP contribution in [0, 0.1) is 5.92 Å². The molecular formula is C24H32N4O2. The monoisotopic (exact) mass is 408 g/mol. The number of rotatable bonds is 9. The van der Waals surface area contributed by atoms with Gasteiger partial charge in [-0.2, -0.15) is 0 Å². The largest absolute Gasteiger partial charge is 0.493 e. The van der Waals surface area contributed by atoms with Gasteiger partial charge < -0.3 is 20.3 Å². The number of hydrogen-bond acceptors (Lipinski definition) is 3. The molecule has 0 spiro atoms. The fraction of sp³-hybridized carbons (Fsp3) is 0.417. The molecule has 30 heavy (non-hydrogen) atoms. The van der Waals surface area contributed by atoms with Crippen LogP contribution < -0.4 is 15.4 Å². The van der Waals surface area contributed by atoms with E-state index in [0.29, 0.717) is 18.7 Å². The molecule has 2 aromatic carbocycles. The fourth-order valence-electron chi connectivity index (χ4n) is 2.98. The summed E-state index contributed by atoms with van der Waals surface area (Å²) < 4.78 is 6.00. The standard InChI is InChI=1S/C24H32N4O2/c1-4-25-24(26-15-18-11-13-20(14-12-18)23(29)28(2)3)27-16-21-7-5-6-8-22(21)30-17-19-9-10-19/h5-8,11-14,19H,4,9-10,15-17H2,1-3H3,(H2,25,26,27). The molecule has 1 aliphatic rings. The van der Waals surface area contributed by atoms with Crippen LogP contribution >= 0.6 is 0 Å². The minimum absolute atomic E-state index is 0.00243. The molecule has 3 rings (SSSR count). The highest BCUT2D eigenvalue weighted by atomic mass is 16.5. The first-order chi connectivity index (χ1) is 14.6. The SMILES string of the molecule is CCNC(=NCc1ccc(C(=O)N(C)C)cc1)NCc1ccccc1OCC1CC1. The molecule has 2 aromatic rings. The molecule has 1 amide bonds. The molecule has 0 radical (unpaired) electrons. The first kappa shape index (κ1) is 21.7. The molecule has 0 atom stereocenters. The van der Waals surface area contributed by atoms with Gasteiger partial charge in [0.1, 0.15) is 5.75 Å². The maximum atomic E-state index is 12.0. The number of guanidine groups is 1. The molecule has 0 aromatic heterocycles. The third kappa shape index (κ3) is 6.51. The van der Waals surface area contributed by atoms with E-state index < -0.39 is 0 Å². The zero-order valence-electron chi connectivity index (χ0n) is 18.1. The van der Waals surface area contributed by atoms with Gasteiger partial charge in [0.25, 0.3) is 5.91 Å². The van der Waals surface area contributed by atoms with Crippen LogP contribution in [0.3, 0.4) is 0 Å². The lowest BCUT2D eigenvalue weighted by atomic mass is 10.1. The van der Waals surface area contributed by atoms with Gasteiger partial charge in [-0.25, -0.2) is 4.99 Å². The highest BCUT2D eigenvalue weighted by Crippen LogP contribution is 2.30. The number of benzene rings is 2. The number of para-hydroxylation sites is 1. The lowest BCUT2D eigenvalue weighted by molar-refractivity contribution is 0.0827. The summed E-state index contributed by atoms with van der Waals surface area (Å²) in [6.45, 7) is 4.81. The van der Waals surface area contributed by atoms with Crippen molar-refractivity contribution in [2.75, 3.05) is 27.2 Å². The highest BCUT2D eigenvalue weighted by Gasteiger charge is 2.22. The van der Waals surface area contributed by atoms with Crippen LogP contribution in [0.5, 0.6) is 5.75 Å². The summed E-state index contributed by atoms with van der Waals surface area (Å²) in [5, 5.41) is 6.68. The fourth-order valence-corrected chi connectivity index (χ4v) is 2.98. The summed E-state index contributed by atoms with van der Waals surface area (Å²) in [5.41, 5.74) is 2.85. The van der Waals surface area contributed by atoms with Gasteiger partial charge in [-0.05, 0) is 49.4 Å². The Labute approximate surface area is 179 Å². The molecular weight excluding hydrogens is 376 g/mol. The maximum absolute atomic E-state index is 12.0. The number of amides is 1. The molecule has 0 unspecified atom stereocenters. The Morgan fingerprint density at radius 1 is 1.10 bits per heavy atom. The first-order valence-electron chi connectivity index (χ1n) is 10.6. The van der Waals surface area contributed by atoms with Gasteiger partial charge in [-0.1, -0.05) is 30.3 Å². The van der Waals surface area contributed by atoms with E-state index in [2.05, 4.69) is 21.7 Å². The highest BCUT2D eigenvalue weighted by molar-refractivity contribution is 5.93. The van der Waals surface area contributed by atoms with E-state index in [-0.39, 0.29) is 5.91 Å². The van der Waals surface area contributed by atoms with Crippen LogP contribution in [0.25, 0.3) is 0 Å². The second kappa shape index (κ2) is 10.7. The van der Waals surface area contributed by atoms with Crippen molar-refractivity contribution in [2.45, 2.75) is 32.9 Å². The van der Waals surface area contributed by atoms with Crippen LogP contribution in [0.1, 0.15) is 41.3 Å². The Morgan fingerprint density at radius 2 is 1.83 bits per heavy atom. The van der Waals surface area contributed by atoms with Gasteiger partial charge in [-0.15, -0.1) is 0 Å². The molecule has 0 saturated heterocycles. The van der Waals surface area contributed by atoms with E-state index in [1.807, 2.05) is 49.4 Å². The average Bonchev–Trinajstić information content (AvgIpc) is 3.59. The summed E-state index contributed by atoms with van der Waals surface area (Å²) >= 11 is 0. The van der Waals surface area contributed by atoms with Crippen molar-refractivity contribution in [3.05, 3.63) is 65.2 Å². The number of nitrogens with one attached hydrogen (secondary N) is 2. The number of hydrogen-bond donors (Lipinski definition) is 2. The van der Waals surface area contributed by atoms with Gasteiger partial charge in [0.05, 0.1) is 13.2 Å². The third-order valence-corrected chi connectivity index (χ3v) is 4.96. The number of nitrogens with zero attached hydrogens (tertiary/aromatic N) is 2. The number of aliphatic imine (C=N–C) groups is 1. The Balaban J connectivity index is 1.59. The van der Waals surface area contributed by atoms with E-state index in [9.17, 15) is 4.79 Å². The van der Waals surface area contributed by atoms with Gasteiger partial charge >= 0.3 is 0 Å². The van der Waals surface area contributed by atoms with Gasteiger partial charge in [0.15, 0.2) is 5.96 Å². The summed E-state index contributed by atoms with van der Waals surface area (Å²) in [5.74, 6) is 2.42. The number of carbonyl (C=O) groups is 1. The molecule has 2 N–H and O–H groups in total. The van der Waals surface area contributed by atoms with Crippen LogP contribution in [0.4, 0.5) is 0 Å².